The minimum Gasteiger partial charge on any atom is -0.496 e. The Balaban J connectivity index is 2.43. The van der Waals surface area contributed by atoms with Crippen molar-refractivity contribution in [2.45, 2.75) is 6.92 Å². The van der Waals surface area contributed by atoms with E-state index in [1.165, 1.54) is 11.1 Å². The van der Waals surface area contributed by atoms with Gasteiger partial charge in [-0.05, 0) is 41.8 Å². The summed E-state index contributed by atoms with van der Waals surface area (Å²) in [6, 6.07) is 17.2. The minimum absolute atomic E-state index is 0.932. The molecule has 0 unspecified atom stereocenters. The number of ether oxygens (including phenoxy) is 1. The van der Waals surface area contributed by atoms with Crippen LogP contribution < -0.4 is 4.74 Å². The average Bonchev–Trinajstić information content (AvgIpc) is 2.30. The van der Waals surface area contributed by atoms with Crippen molar-refractivity contribution in [2.24, 2.45) is 0 Å². The Kier molecular flexibility index (Phi) is 2.72. The van der Waals surface area contributed by atoms with Crippen molar-refractivity contribution in [3.8, 4) is 16.9 Å². The summed E-state index contributed by atoms with van der Waals surface area (Å²) in [6.07, 6.45) is 0. The fourth-order valence-electron chi connectivity index (χ4n) is 1.64. The van der Waals surface area contributed by atoms with Crippen LogP contribution in [-0.4, -0.2) is 7.11 Å². The van der Waals surface area contributed by atoms with Crippen LogP contribution in [0.2, 0.25) is 0 Å². The predicted molar refractivity (Wildman–Crippen MR) is 62.0 cm³/mol. The topological polar surface area (TPSA) is 9.23 Å². The van der Waals surface area contributed by atoms with Crippen LogP contribution in [0.15, 0.2) is 42.5 Å². The molecule has 0 saturated heterocycles. The molecular formula is C14H13O. The van der Waals surface area contributed by atoms with Gasteiger partial charge in [-0.3, -0.25) is 0 Å². The highest BCUT2D eigenvalue weighted by atomic mass is 16.5. The molecule has 0 fully saturated rings. The summed E-state index contributed by atoms with van der Waals surface area (Å²) >= 11 is 0. The lowest BCUT2D eigenvalue weighted by Gasteiger charge is -2.07. The largest absolute Gasteiger partial charge is 0.496 e. The standard InChI is InChI=1S/C14H13O/c1-11-10-13(8-9-14(11)15-2)12-6-4-3-5-7-12/h4-10H,1-2H3. The Hall–Kier alpha value is -1.76. The number of benzene rings is 2. The summed E-state index contributed by atoms with van der Waals surface area (Å²) in [5.74, 6) is 0.932. The summed E-state index contributed by atoms with van der Waals surface area (Å²) < 4.78 is 5.23. The number of aryl methyl sites for hydroxylation is 1. The van der Waals surface area contributed by atoms with E-state index in [9.17, 15) is 0 Å². The van der Waals surface area contributed by atoms with E-state index in [4.69, 9.17) is 4.74 Å². The molecule has 0 aromatic heterocycles. The van der Waals surface area contributed by atoms with Crippen LogP contribution in [0.3, 0.4) is 0 Å². The molecule has 15 heavy (non-hydrogen) atoms. The molecule has 0 aliphatic rings. The summed E-state index contributed by atoms with van der Waals surface area (Å²) in [7, 11) is 1.69. The molecule has 0 aliphatic carbocycles. The lowest BCUT2D eigenvalue weighted by atomic mass is 10.0. The number of methoxy groups -OCH3 is 1. The van der Waals surface area contributed by atoms with Crippen LogP contribution in [0, 0.1) is 13.0 Å². The molecule has 0 bridgehead atoms. The smallest absolute Gasteiger partial charge is 0.121 e. The van der Waals surface area contributed by atoms with E-state index in [0.717, 1.165) is 11.3 Å². The first-order chi connectivity index (χ1) is 7.31. The first-order valence-electron chi connectivity index (χ1n) is 4.92. The van der Waals surface area contributed by atoms with Gasteiger partial charge in [-0.2, -0.15) is 0 Å². The third-order valence-corrected chi connectivity index (χ3v) is 2.45. The fraction of sp³-hybridized carbons (Fsp3) is 0.143. The van der Waals surface area contributed by atoms with Crippen molar-refractivity contribution >= 4 is 0 Å². The quantitative estimate of drug-likeness (QED) is 0.716. The zero-order valence-corrected chi connectivity index (χ0v) is 8.95. The monoisotopic (exact) mass is 197 g/mol. The zero-order chi connectivity index (χ0) is 10.7. The Morgan fingerprint density at radius 1 is 1.00 bits per heavy atom. The molecule has 0 spiro atoms. The molecule has 2 rings (SSSR count). The van der Waals surface area contributed by atoms with Crippen LogP contribution in [0.1, 0.15) is 5.56 Å². The van der Waals surface area contributed by atoms with E-state index in [2.05, 4.69) is 37.3 Å². The number of hydrogen-bond donors (Lipinski definition) is 0. The molecule has 0 amide bonds. The normalized spacial score (nSPS) is 10.0. The van der Waals surface area contributed by atoms with Gasteiger partial charge in [0, 0.05) is 0 Å². The van der Waals surface area contributed by atoms with Crippen LogP contribution in [0.5, 0.6) is 5.75 Å². The second-order valence-electron chi connectivity index (χ2n) is 3.47. The van der Waals surface area contributed by atoms with E-state index < -0.39 is 0 Å². The summed E-state index contributed by atoms with van der Waals surface area (Å²) in [4.78, 5) is 0. The van der Waals surface area contributed by atoms with E-state index in [1.807, 2.05) is 18.2 Å². The van der Waals surface area contributed by atoms with E-state index in [1.54, 1.807) is 7.11 Å². The third kappa shape index (κ3) is 2.01. The molecule has 0 N–H and O–H groups in total. The van der Waals surface area contributed by atoms with Crippen molar-refractivity contribution < 1.29 is 4.74 Å². The van der Waals surface area contributed by atoms with Crippen molar-refractivity contribution in [2.75, 3.05) is 7.11 Å². The molecule has 1 nitrogen and oxygen atoms in total. The molecule has 2 aromatic rings. The van der Waals surface area contributed by atoms with E-state index >= 15 is 0 Å². The zero-order valence-electron chi connectivity index (χ0n) is 8.95. The molecule has 1 radical (unpaired) electrons. The SMILES string of the molecule is COc1ccc(-c2cc[c]cc2)cc1C. The van der Waals surface area contributed by atoms with Gasteiger partial charge in [0.25, 0.3) is 0 Å². The van der Waals surface area contributed by atoms with E-state index in [0.29, 0.717) is 0 Å². The van der Waals surface area contributed by atoms with Gasteiger partial charge in [-0.15, -0.1) is 0 Å². The van der Waals surface area contributed by atoms with Crippen molar-refractivity contribution in [1.29, 1.82) is 0 Å². The molecule has 0 atom stereocenters. The molecule has 0 aliphatic heterocycles. The highest BCUT2D eigenvalue weighted by Crippen LogP contribution is 2.25. The van der Waals surface area contributed by atoms with Crippen LogP contribution in [-0.2, 0) is 0 Å². The van der Waals surface area contributed by atoms with Crippen molar-refractivity contribution in [3.63, 3.8) is 0 Å². The number of hydrogen-bond acceptors (Lipinski definition) is 1. The van der Waals surface area contributed by atoms with Crippen LogP contribution in [0.25, 0.3) is 11.1 Å². The Morgan fingerprint density at radius 3 is 2.33 bits per heavy atom. The molecule has 1 heteroatoms. The minimum atomic E-state index is 0.932. The molecular weight excluding hydrogens is 184 g/mol. The van der Waals surface area contributed by atoms with Gasteiger partial charge in [0.2, 0.25) is 0 Å². The van der Waals surface area contributed by atoms with Gasteiger partial charge in [-0.25, -0.2) is 0 Å². The molecule has 75 valence electrons. The van der Waals surface area contributed by atoms with Gasteiger partial charge < -0.3 is 4.74 Å². The molecule has 2 aromatic carbocycles. The maximum Gasteiger partial charge on any atom is 0.121 e. The van der Waals surface area contributed by atoms with Crippen molar-refractivity contribution in [1.82, 2.24) is 0 Å². The summed E-state index contributed by atoms with van der Waals surface area (Å²) in [5.41, 5.74) is 3.57. The first-order valence-corrected chi connectivity index (χ1v) is 4.92. The average molecular weight is 197 g/mol. The second-order valence-corrected chi connectivity index (χ2v) is 3.47. The fourth-order valence-corrected chi connectivity index (χ4v) is 1.64. The summed E-state index contributed by atoms with van der Waals surface area (Å²) in [5, 5.41) is 0. The molecule has 0 heterocycles. The van der Waals surface area contributed by atoms with Crippen LogP contribution >= 0.6 is 0 Å². The van der Waals surface area contributed by atoms with Gasteiger partial charge in [0.05, 0.1) is 7.11 Å². The Morgan fingerprint density at radius 2 is 1.73 bits per heavy atom. The first kappa shape index (κ1) is 9.78. The lowest BCUT2D eigenvalue weighted by molar-refractivity contribution is 0.412. The Bertz CT molecular complexity index is 446. The highest BCUT2D eigenvalue weighted by Gasteiger charge is 2.01. The van der Waals surface area contributed by atoms with E-state index in [-0.39, 0.29) is 0 Å². The maximum atomic E-state index is 5.23. The van der Waals surface area contributed by atoms with Gasteiger partial charge in [0.1, 0.15) is 5.75 Å². The predicted octanol–water partition coefficient (Wildman–Crippen LogP) is 3.47. The van der Waals surface area contributed by atoms with Gasteiger partial charge in [-0.1, -0.05) is 30.3 Å². The Labute approximate surface area is 90.3 Å². The number of rotatable bonds is 2. The highest BCUT2D eigenvalue weighted by molar-refractivity contribution is 5.65. The van der Waals surface area contributed by atoms with Gasteiger partial charge in [0.15, 0.2) is 0 Å². The molecule has 0 saturated carbocycles. The van der Waals surface area contributed by atoms with Crippen molar-refractivity contribution in [3.05, 3.63) is 54.1 Å². The third-order valence-electron chi connectivity index (χ3n) is 2.45. The maximum absolute atomic E-state index is 5.23. The van der Waals surface area contributed by atoms with Gasteiger partial charge >= 0.3 is 0 Å². The second kappa shape index (κ2) is 4.18. The summed E-state index contributed by atoms with van der Waals surface area (Å²) in [6.45, 7) is 2.05. The lowest BCUT2D eigenvalue weighted by Crippen LogP contribution is -1.87. The van der Waals surface area contributed by atoms with Crippen LogP contribution in [0.4, 0.5) is 0 Å².